The predicted octanol–water partition coefficient (Wildman–Crippen LogP) is 3.70. The molecule has 0 bridgehead atoms. The van der Waals surface area contributed by atoms with Gasteiger partial charge in [-0.3, -0.25) is 9.69 Å². The van der Waals surface area contributed by atoms with Crippen molar-refractivity contribution in [1.29, 1.82) is 0 Å². The SMILES string of the molecule is O=C(Cc1c(Cl)cccc1Cl)Nc1ccc(N2CCNC2=O)cc1. The molecule has 0 radical (unpaired) electrons. The summed E-state index contributed by atoms with van der Waals surface area (Å²) < 4.78 is 0. The number of urea groups is 1. The molecule has 1 fully saturated rings. The molecule has 1 aliphatic rings. The quantitative estimate of drug-likeness (QED) is 0.869. The topological polar surface area (TPSA) is 61.4 Å². The van der Waals surface area contributed by atoms with Crippen LogP contribution >= 0.6 is 23.2 Å². The zero-order chi connectivity index (χ0) is 17.1. The average Bonchev–Trinajstić information content (AvgIpc) is 2.98. The van der Waals surface area contributed by atoms with Gasteiger partial charge in [-0.2, -0.15) is 0 Å². The number of hydrogen-bond acceptors (Lipinski definition) is 2. The second kappa shape index (κ2) is 7.11. The number of benzene rings is 2. The number of nitrogens with zero attached hydrogens (tertiary/aromatic N) is 1. The molecule has 24 heavy (non-hydrogen) atoms. The van der Waals surface area contributed by atoms with Crippen LogP contribution in [0.4, 0.5) is 16.2 Å². The number of carbonyl (C=O) groups excluding carboxylic acids is 2. The Balaban J connectivity index is 1.65. The lowest BCUT2D eigenvalue weighted by atomic mass is 10.1. The van der Waals surface area contributed by atoms with E-state index in [9.17, 15) is 9.59 Å². The van der Waals surface area contributed by atoms with E-state index in [1.54, 1.807) is 47.4 Å². The lowest BCUT2D eigenvalue weighted by molar-refractivity contribution is -0.115. The maximum Gasteiger partial charge on any atom is 0.321 e. The minimum atomic E-state index is -0.211. The average molecular weight is 364 g/mol. The number of carbonyl (C=O) groups is 2. The van der Waals surface area contributed by atoms with Gasteiger partial charge in [0.05, 0.1) is 6.42 Å². The van der Waals surface area contributed by atoms with Gasteiger partial charge >= 0.3 is 6.03 Å². The molecule has 0 aromatic heterocycles. The van der Waals surface area contributed by atoms with Gasteiger partial charge in [-0.1, -0.05) is 29.3 Å². The zero-order valence-corrected chi connectivity index (χ0v) is 14.2. The van der Waals surface area contributed by atoms with E-state index in [-0.39, 0.29) is 18.4 Å². The van der Waals surface area contributed by atoms with Gasteiger partial charge in [0.1, 0.15) is 0 Å². The molecule has 5 nitrogen and oxygen atoms in total. The summed E-state index contributed by atoms with van der Waals surface area (Å²) in [5.74, 6) is -0.211. The summed E-state index contributed by atoms with van der Waals surface area (Å²) in [5.41, 5.74) is 2.03. The summed E-state index contributed by atoms with van der Waals surface area (Å²) in [6.45, 7) is 1.27. The first kappa shape index (κ1) is 16.6. The van der Waals surface area contributed by atoms with E-state index < -0.39 is 0 Å². The van der Waals surface area contributed by atoms with Crippen molar-refractivity contribution in [3.8, 4) is 0 Å². The Bertz CT molecular complexity index is 758. The third-order valence-corrected chi connectivity index (χ3v) is 4.43. The highest BCUT2D eigenvalue weighted by atomic mass is 35.5. The van der Waals surface area contributed by atoms with Gasteiger partial charge in [0.25, 0.3) is 0 Å². The van der Waals surface area contributed by atoms with E-state index in [4.69, 9.17) is 23.2 Å². The van der Waals surface area contributed by atoms with Crippen molar-refractivity contribution in [2.45, 2.75) is 6.42 Å². The highest BCUT2D eigenvalue weighted by Crippen LogP contribution is 2.25. The van der Waals surface area contributed by atoms with Crippen LogP contribution < -0.4 is 15.5 Å². The van der Waals surface area contributed by atoms with E-state index >= 15 is 0 Å². The fraction of sp³-hybridized carbons (Fsp3) is 0.176. The van der Waals surface area contributed by atoms with Gasteiger partial charge in [0.2, 0.25) is 5.91 Å². The molecule has 0 unspecified atom stereocenters. The summed E-state index contributed by atoms with van der Waals surface area (Å²) in [6, 6.07) is 12.1. The third-order valence-electron chi connectivity index (χ3n) is 3.72. The molecule has 1 heterocycles. The number of nitrogens with one attached hydrogen (secondary N) is 2. The van der Waals surface area contributed by atoms with Crippen molar-refractivity contribution in [3.05, 3.63) is 58.1 Å². The Kier molecular flexibility index (Phi) is 4.92. The highest BCUT2D eigenvalue weighted by molar-refractivity contribution is 6.36. The molecule has 0 atom stereocenters. The fourth-order valence-electron chi connectivity index (χ4n) is 2.51. The van der Waals surface area contributed by atoms with Crippen molar-refractivity contribution in [2.75, 3.05) is 23.3 Å². The second-order valence-electron chi connectivity index (χ2n) is 5.36. The maximum absolute atomic E-state index is 12.2. The second-order valence-corrected chi connectivity index (χ2v) is 6.17. The smallest absolute Gasteiger partial charge is 0.321 e. The zero-order valence-electron chi connectivity index (χ0n) is 12.7. The van der Waals surface area contributed by atoms with E-state index in [2.05, 4.69) is 10.6 Å². The highest BCUT2D eigenvalue weighted by Gasteiger charge is 2.20. The lowest BCUT2D eigenvalue weighted by Gasteiger charge is -2.15. The summed E-state index contributed by atoms with van der Waals surface area (Å²) in [7, 11) is 0. The minimum Gasteiger partial charge on any atom is -0.336 e. The Labute approximate surface area is 149 Å². The first-order chi connectivity index (χ1) is 11.5. The van der Waals surface area contributed by atoms with Gasteiger partial charge in [0, 0.05) is 34.5 Å². The molecule has 1 aliphatic heterocycles. The molecule has 0 spiro atoms. The van der Waals surface area contributed by atoms with Crippen molar-refractivity contribution in [2.24, 2.45) is 0 Å². The standard InChI is InChI=1S/C17H15Cl2N3O2/c18-14-2-1-3-15(19)13(14)10-16(23)21-11-4-6-12(7-5-11)22-9-8-20-17(22)24/h1-7H,8-10H2,(H,20,24)(H,21,23). The van der Waals surface area contributed by atoms with Crippen LogP contribution in [0.25, 0.3) is 0 Å². The molecule has 3 rings (SSSR count). The molecular formula is C17H15Cl2N3O2. The van der Waals surface area contributed by atoms with E-state index in [0.29, 0.717) is 34.4 Å². The molecule has 3 amide bonds. The summed E-state index contributed by atoms with van der Waals surface area (Å²) in [6.07, 6.45) is 0.0921. The van der Waals surface area contributed by atoms with Crippen LogP contribution in [0, 0.1) is 0 Å². The Morgan fingerprint density at radius 1 is 1.12 bits per heavy atom. The maximum atomic E-state index is 12.2. The lowest BCUT2D eigenvalue weighted by Crippen LogP contribution is -2.27. The predicted molar refractivity (Wildman–Crippen MR) is 96.0 cm³/mol. The molecule has 0 aliphatic carbocycles. The van der Waals surface area contributed by atoms with E-state index in [0.717, 1.165) is 5.69 Å². The summed E-state index contributed by atoms with van der Waals surface area (Å²) in [5, 5.41) is 6.48. The van der Waals surface area contributed by atoms with Crippen LogP contribution in [0.5, 0.6) is 0 Å². The molecule has 1 saturated heterocycles. The molecule has 124 valence electrons. The largest absolute Gasteiger partial charge is 0.336 e. The Morgan fingerprint density at radius 2 is 1.79 bits per heavy atom. The van der Waals surface area contributed by atoms with Crippen LogP contribution in [-0.4, -0.2) is 25.0 Å². The van der Waals surface area contributed by atoms with Crippen molar-refractivity contribution >= 4 is 46.5 Å². The summed E-state index contributed by atoms with van der Waals surface area (Å²) in [4.78, 5) is 25.4. The van der Waals surface area contributed by atoms with Crippen LogP contribution in [-0.2, 0) is 11.2 Å². The number of halogens is 2. The first-order valence-corrected chi connectivity index (χ1v) is 8.18. The van der Waals surface area contributed by atoms with Crippen molar-refractivity contribution in [1.82, 2.24) is 5.32 Å². The molecular weight excluding hydrogens is 349 g/mol. The number of rotatable bonds is 4. The van der Waals surface area contributed by atoms with Gasteiger partial charge < -0.3 is 10.6 Å². The van der Waals surface area contributed by atoms with E-state index in [1.165, 1.54) is 0 Å². The molecule has 2 aromatic rings. The third kappa shape index (κ3) is 3.63. The monoisotopic (exact) mass is 363 g/mol. The number of anilines is 2. The molecule has 0 saturated carbocycles. The van der Waals surface area contributed by atoms with Crippen LogP contribution in [0.1, 0.15) is 5.56 Å². The molecule has 2 N–H and O–H groups in total. The van der Waals surface area contributed by atoms with Crippen LogP contribution in [0.2, 0.25) is 10.0 Å². The fourth-order valence-corrected chi connectivity index (χ4v) is 3.04. The number of amides is 3. The first-order valence-electron chi connectivity index (χ1n) is 7.43. The van der Waals surface area contributed by atoms with Crippen molar-refractivity contribution in [3.63, 3.8) is 0 Å². The normalized spacial score (nSPS) is 13.8. The Hall–Kier alpha value is -2.24. The minimum absolute atomic E-state index is 0.0921. The molecule has 2 aromatic carbocycles. The van der Waals surface area contributed by atoms with Crippen LogP contribution in [0.15, 0.2) is 42.5 Å². The van der Waals surface area contributed by atoms with Gasteiger partial charge in [0.15, 0.2) is 0 Å². The van der Waals surface area contributed by atoms with Crippen LogP contribution in [0.3, 0.4) is 0 Å². The van der Waals surface area contributed by atoms with E-state index in [1.807, 2.05) is 0 Å². The van der Waals surface area contributed by atoms with Gasteiger partial charge in [-0.05, 0) is 42.0 Å². The number of hydrogen-bond donors (Lipinski definition) is 2. The molecule has 7 heteroatoms. The van der Waals surface area contributed by atoms with Gasteiger partial charge in [-0.25, -0.2) is 4.79 Å². The summed E-state index contributed by atoms with van der Waals surface area (Å²) >= 11 is 12.2. The van der Waals surface area contributed by atoms with Gasteiger partial charge in [-0.15, -0.1) is 0 Å². The van der Waals surface area contributed by atoms with Crippen molar-refractivity contribution < 1.29 is 9.59 Å². The Morgan fingerprint density at radius 3 is 2.38 bits per heavy atom.